The Bertz CT molecular complexity index is 178. The van der Waals surface area contributed by atoms with Crippen molar-refractivity contribution in [1.29, 1.82) is 0 Å². The van der Waals surface area contributed by atoms with Crippen LogP contribution in [0.4, 0.5) is 0 Å². The van der Waals surface area contributed by atoms with Gasteiger partial charge in [0.15, 0.2) is 0 Å². The summed E-state index contributed by atoms with van der Waals surface area (Å²) in [6, 6.07) is -0.380. The quantitative estimate of drug-likeness (QED) is 0.704. The zero-order valence-corrected chi connectivity index (χ0v) is 10.0. The fourth-order valence-electron chi connectivity index (χ4n) is 0.918. The molecule has 3 nitrogen and oxygen atoms in total. The molecular formula is C11H24N2O. The minimum atomic E-state index is -0.380. The van der Waals surface area contributed by atoms with Crippen molar-refractivity contribution in [3.8, 4) is 0 Å². The lowest BCUT2D eigenvalue weighted by Crippen LogP contribution is -2.45. The van der Waals surface area contributed by atoms with Gasteiger partial charge in [0.1, 0.15) is 0 Å². The molecule has 14 heavy (non-hydrogen) atoms. The second-order valence-corrected chi connectivity index (χ2v) is 4.74. The lowest BCUT2D eigenvalue weighted by molar-refractivity contribution is -0.123. The van der Waals surface area contributed by atoms with E-state index < -0.39 is 0 Å². The van der Waals surface area contributed by atoms with E-state index in [1.54, 1.807) is 0 Å². The minimum absolute atomic E-state index is 0.0347. The number of hydrogen-bond acceptors (Lipinski definition) is 2. The molecule has 1 unspecified atom stereocenters. The highest BCUT2D eigenvalue weighted by Gasteiger charge is 2.17. The van der Waals surface area contributed by atoms with Gasteiger partial charge in [-0.25, -0.2) is 0 Å². The summed E-state index contributed by atoms with van der Waals surface area (Å²) in [5.74, 6) is 1.25. The average molecular weight is 200 g/mol. The molecule has 3 N–H and O–H groups in total. The van der Waals surface area contributed by atoms with Crippen LogP contribution in [0.2, 0.25) is 0 Å². The third-order valence-corrected chi connectivity index (χ3v) is 2.76. The van der Waals surface area contributed by atoms with Gasteiger partial charge in [-0.3, -0.25) is 4.79 Å². The lowest BCUT2D eigenvalue weighted by Gasteiger charge is -2.19. The van der Waals surface area contributed by atoms with Crippen LogP contribution < -0.4 is 11.1 Å². The molecule has 0 bridgehead atoms. The molecule has 84 valence electrons. The fraction of sp³-hybridized carbons (Fsp3) is 0.909. The molecule has 0 saturated carbocycles. The zero-order valence-electron chi connectivity index (χ0n) is 10.0. The summed E-state index contributed by atoms with van der Waals surface area (Å²) in [5.41, 5.74) is 5.71. The van der Waals surface area contributed by atoms with Crippen LogP contribution in [0.15, 0.2) is 0 Å². The van der Waals surface area contributed by atoms with Crippen LogP contribution in [0, 0.1) is 17.8 Å². The van der Waals surface area contributed by atoms with Crippen molar-refractivity contribution in [1.82, 2.24) is 5.32 Å². The van der Waals surface area contributed by atoms with E-state index in [4.69, 9.17) is 5.73 Å². The van der Waals surface area contributed by atoms with Crippen LogP contribution >= 0.6 is 0 Å². The number of hydrogen-bond donors (Lipinski definition) is 2. The number of amides is 1. The lowest BCUT2D eigenvalue weighted by atomic mass is 9.97. The highest BCUT2D eigenvalue weighted by molar-refractivity contribution is 5.81. The molecule has 0 aliphatic rings. The van der Waals surface area contributed by atoms with Gasteiger partial charge in [0.25, 0.3) is 0 Å². The predicted octanol–water partition coefficient (Wildman–Crippen LogP) is 1.38. The van der Waals surface area contributed by atoms with Gasteiger partial charge in [0.05, 0.1) is 6.04 Å². The van der Waals surface area contributed by atoms with Crippen LogP contribution in [0.3, 0.4) is 0 Å². The number of rotatable bonds is 5. The van der Waals surface area contributed by atoms with Crippen LogP contribution in [-0.4, -0.2) is 18.5 Å². The first-order valence-electron chi connectivity index (χ1n) is 5.39. The first-order valence-corrected chi connectivity index (χ1v) is 5.39. The third-order valence-electron chi connectivity index (χ3n) is 2.76. The summed E-state index contributed by atoms with van der Waals surface area (Å²) < 4.78 is 0. The maximum atomic E-state index is 11.5. The minimum Gasteiger partial charge on any atom is -0.354 e. The highest BCUT2D eigenvalue weighted by Crippen LogP contribution is 2.07. The van der Waals surface area contributed by atoms with E-state index in [9.17, 15) is 4.79 Å². The van der Waals surface area contributed by atoms with Crippen molar-refractivity contribution in [3.05, 3.63) is 0 Å². The molecule has 2 atom stereocenters. The summed E-state index contributed by atoms with van der Waals surface area (Å²) >= 11 is 0. The second-order valence-electron chi connectivity index (χ2n) is 4.74. The Labute approximate surface area is 87.4 Å². The highest BCUT2D eigenvalue weighted by atomic mass is 16.2. The molecule has 0 spiro atoms. The largest absolute Gasteiger partial charge is 0.354 e. The number of nitrogens with one attached hydrogen (secondary N) is 1. The van der Waals surface area contributed by atoms with Gasteiger partial charge in [0, 0.05) is 6.54 Å². The van der Waals surface area contributed by atoms with Crippen molar-refractivity contribution in [2.45, 2.75) is 40.7 Å². The topological polar surface area (TPSA) is 55.1 Å². The van der Waals surface area contributed by atoms with E-state index >= 15 is 0 Å². The number of nitrogens with two attached hydrogens (primary N) is 1. The molecule has 0 aromatic carbocycles. The van der Waals surface area contributed by atoms with E-state index in [0.29, 0.717) is 11.8 Å². The normalized spacial score (nSPS) is 15.7. The molecular weight excluding hydrogens is 176 g/mol. The van der Waals surface area contributed by atoms with Crippen LogP contribution in [0.5, 0.6) is 0 Å². The Balaban J connectivity index is 3.85. The van der Waals surface area contributed by atoms with Gasteiger partial charge in [-0.05, 0) is 17.8 Å². The fourth-order valence-corrected chi connectivity index (χ4v) is 0.918. The van der Waals surface area contributed by atoms with E-state index in [1.807, 2.05) is 13.8 Å². The average Bonchev–Trinajstić information content (AvgIpc) is 2.11. The summed E-state index contributed by atoms with van der Waals surface area (Å²) in [6.45, 7) is 11.1. The third kappa shape index (κ3) is 4.61. The molecule has 3 heteroatoms. The SMILES string of the molecule is CC(C)C(C)CNC(=O)[C@H](N)C(C)C. The Morgan fingerprint density at radius 1 is 1.14 bits per heavy atom. The van der Waals surface area contributed by atoms with E-state index in [2.05, 4.69) is 26.1 Å². The van der Waals surface area contributed by atoms with Crippen molar-refractivity contribution >= 4 is 5.91 Å². The predicted molar refractivity (Wildman–Crippen MR) is 59.8 cm³/mol. The van der Waals surface area contributed by atoms with Crippen LogP contribution in [0.1, 0.15) is 34.6 Å². The first-order chi connectivity index (χ1) is 6.36. The van der Waals surface area contributed by atoms with Crippen LogP contribution in [-0.2, 0) is 4.79 Å². The molecule has 0 aliphatic heterocycles. The maximum Gasteiger partial charge on any atom is 0.237 e. The molecule has 0 saturated heterocycles. The summed E-state index contributed by atoms with van der Waals surface area (Å²) in [7, 11) is 0. The number of carbonyl (C=O) groups excluding carboxylic acids is 1. The standard InChI is InChI=1S/C11H24N2O/c1-7(2)9(5)6-13-11(14)10(12)8(3)4/h7-10H,6,12H2,1-5H3,(H,13,14)/t9?,10-/m1/s1. The summed E-state index contributed by atoms with van der Waals surface area (Å²) in [6.07, 6.45) is 0. The van der Waals surface area contributed by atoms with Gasteiger partial charge in [-0.2, -0.15) is 0 Å². The van der Waals surface area contributed by atoms with Gasteiger partial charge in [-0.1, -0.05) is 34.6 Å². The monoisotopic (exact) mass is 200 g/mol. The maximum absolute atomic E-state index is 11.5. The Morgan fingerprint density at radius 2 is 1.64 bits per heavy atom. The molecule has 0 radical (unpaired) electrons. The molecule has 0 aliphatic carbocycles. The van der Waals surface area contributed by atoms with Gasteiger partial charge >= 0.3 is 0 Å². The molecule has 0 aromatic heterocycles. The van der Waals surface area contributed by atoms with Gasteiger partial charge in [-0.15, -0.1) is 0 Å². The zero-order chi connectivity index (χ0) is 11.3. The molecule has 1 amide bonds. The second kappa shape index (κ2) is 6.02. The molecule has 0 rings (SSSR count). The van der Waals surface area contributed by atoms with Gasteiger partial charge < -0.3 is 11.1 Å². The van der Waals surface area contributed by atoms with E-state index in [1.165, 1.54) is 0 Å². The van der Waals surface area contributed by atoms with Crippen molar-refractivity contribution < 1.29 is 4.79 Å². The Morgan fingerprint density at radius 3 is 2.00 bits per heavy atom. The smallest absolute Gasteiger partial charge is 0.237 e. The van der Waals surface area contributed by atoms with E-state index in [0.717, 1.165) is 6.54 Å². The number of carbonyl (C=O) groups is 1. The summed E-state index contributed by atoms with van der Waals surface area (Å²) in [4.78, 5) is 11.5. The van der Waals surface area contributed by atoms with Crippen molar-refractivity contribution in [2.24, 2.45) is 23.5 Å². The first kappa shape index (κ1) is 13.4. The molecule has 0 heterocycles. The van der Waals surface area contributed by atoms with Gasteiger partial charge in [0.2, 0.25) is 5.91 Å². The van der Waals surface area contributed by atoms with Crippen molar-refractivity contribution in [3.63, 3.8) is 0 Å². The Hall–Kier alpha value is -0.570. The summed E-state index contributed by atoms with van der Waals surface area (Å²) in [5, 5.41) is 2.88. The Kier molecular flexibility index (Phi) is 5.77. The molecule has 0 fully saturated rings. The van der Waals surface area contributed by atoms with Crippen LogP contribution in [0.25, 0.3) is 0 Å². The van der Waals surface area contributed by atoms with E-state index in [-0.39, 0.29) is 17.9 Å². The molecule has 0 aromatic rings. The van der Waals surface area contributed by atoms with Crippen molar-refractivity contribution in [2.75, 3.05) is 6.54 Å².